The predicted molar refractivity (Wildman–Crippen MR) is 36.8 cm³/mol. The lowest BCUT2D eigenvalue weighted by molar-refractivity contribution is 0.565. The quantitative estimate of drug-likeness (QED) is 0.430. The fourth-order valence-electron chi connectivity index (χ4n) is 0.643. The third-order valence-electron chi connectivity index (χ3n) is 1.15. The second kappa shape index (κ2) is 2.90. The molecule has 0 aliphatic heterocycles. The van der Waals surface area contributed by atoms with E-state index < -0.39 is 0 Å². The van der Waals surface area contributed by atoms with Crippen molar-refractivity contribution < 1.29 is 4.79 Å². The number of nitrogens with zero attached hydrogens (tertiary/aromatic N) is 2. The van der Waals surface area contributed by atoms with E-state index in [0.717, 1.165) is 5.69 Å². The highest BCUT2D eigenvalue weighted by Gasteiger charge is 1.92. The number of aryl methyl sites for hydroxylation is 1. The van der Waals surface area contributed by atoms with Crippen LogP contribution in [-0.2, 0) is 4.79 Å². The summed E-state index contributed by atoms with van der Waals surface area (Å²) in [7, 11) is 0. The standard InChI is InChI=1S/C7H6N2O/c1-6-7(9-5-10)3-2-4-8-6/h2-4H,1H3. The van der Waals surface area contributed by atoms with Crippen LogP contribution < -0.4 is 0 Å². The molecule has 3 nitrogen and oxygen atoms in total. The molecule has 0 aliphatic rings. The summed E-state index contributed by atoms with van der Waals surface area (Å²) in [6, 6.07) is 3.44. The monoisotopic (exact) mass is 134 g/mol. The van der Waals surface area contributed by atoms with Gasteiger partial charge in [0, 0.05) is 6.20 Å². The van der Waals surface area contributed by atoms with Gasteiger partial charge in [0.25, 0.3) is 0 Å². The molecule has 0 spiro atoms. The first-order valence-electron chi connectivity index (χ1n) is 2.84. The first-order valence-corrected chi connectivity index (χ1v) is 2.84. The first kappa shape index (κ1) is 6.65. The largest absolute Gasteiger partial charge is 0.259 e. The van der Waals surface area contributed by atoms with Gasteiger partial charge in [-0.1, -0.05) is 0 Å². The number of aliphatic imine (C=N–C) groups is 1. The van der Waals surface area contributed by atoms with E-state index in [1.807, 2.05) is 0 Å². The van der Waals surface area contributed by atoms with Gasteiger partial charge in [0.15, 0.2) is 0 Å². The molecule has 0 bridgehead atoms. The molecule has 3 heteroatoms. The lowest BCUT2D eigenvalue weighted by atomic mass is 10.3. The van der Waals surface area contributed by atoms with Crippen LogP contribution in [0.2, 0.25) is 0 Å². The first-order chi connectivity index (χ1) is 4.84. The van der Waals surface area contributed by atoms with E-state index in [1.54, 1.807) is 25.3 Å². The molecular weight excluding hydrogens is 128 g/mol. The number of aromatic nitrogens is 1. The summed E-state index contributed by atoms with van der Waals surface area (Å²) in [6.07, 6.45) is 3.11. The lowest BCUT2D eigenvalue weighted by Crippen LogP contribution is -1.77. The van der Waals surface area contributed by atoms with Crippen LogP contribution in [0.25, 0.3) is 0 Å². The fourth-order valence-corrected chi connectivity index (χ4v) is 0.643. The molecule has 0 N–H and O–H groups in total. The van der Waals surface area contributed by atoms with Gasteiger partial charge >= 0.3 is 0 Å². The minimum atomic E-state index is 0.581. The van der Waals surface area contributed by atoms with Crippen LogP contribution in [0, 0.1) is 6.92 Å². The van der Waals surface area contributed by atoms with Gasteiger partial charge < -0.3 is 0 Å². The molecule has 1 aromatic rings. The number of carbonyl (C=O) groups excluding carboxylic acids is 1. The molecular formula is C7H6N2O. The average Bonchev–Trinajstić information content (AvgIpc) is 1.94. The van der Waals surface area contributed by atoms with Crippen LogP contribution in [0.1, 0.15) is 5.69 Å². The zero-order valence-corrected chi connectivity index (χ0v) is 5.53. The van der Waals surface area contributed by atoms with Crippen LogP contribution in [-0.4, -0.2) is 11.1 Å². The molecule has 1 aromatic heterocycles. The molecule has 50 valence electrons. The van der Waals surface area contributed by atoms with Gasteiger partial charge in [-0.15, -0.1) is 0 Å². The van der Waals surface area contributed by atoms with E-state index in [-0.39, 0.29) is 0 Å². The number of rotatable bonds is 1. The maximum absolute atomic E-state index is 9.81. The molecule has 0 radical (unpaired) electrons. The molecule has 0 unspecified atom stereocenters. The van der Waals surface area contributed by atoms with Crippen molar-refractivity contribution in [3.8, 4) is 0 Å². The second-order valence-electron chi connectivity index (χ2n) is 1.81. The second-order valence-corrected chi connectivity index (χ2v) is 1.81. The molecule has 0 atom stereocenters. The third kappa shape index (κ3) is 1.27. The highest BCUT2D eigenvalue weighted by atomic mass is 16.1. The zero-order valence-electron chi connectivity index (χ0n) is 5.53. The molecule has 0 fully saturated rings. The topological polar surface area (TPSA) is 42.3 Å². The Bertz CT molecular complexity index is 277. The number of hydrogen-bond acceptors (Lipinski definition) is 3. The van der Waals surface area contributed by atoms with E-state index in [4.69, 9.17) is 0 Å². The van der Waals surface area contributed by atoms with Crippen molar-refractivity contribution in [1.29, 1.82) is 0 Å². The molecule has 0 saturated heterocycles. The number of pyridine rings is 1. The highest BCUT2D eigenvalue weighted by molar-refractivity contribution is 5.50. The molecule has 1 heterocycles. The van der Waals surface area contributed by atoms with Crippen molar-refractivity contribution in [3.63, 3.8) is 0 Å². The van der Waals surface area contributed by atoms with Crippen LogP contribution in [0.5, 0.6) is 0 Å². The summed E-state index contributed by atoms with van der Waals surface area (Å²) in [5.74, 6) is 0. The Morgan fingerprint density at radius 3 is 3.10 bits per heavy atom. The van der Waals surface area contributed by atoms with Gasteiger partial charge in [-0.25, -0.2) is 4.79 Å². The average molecular weight is 134 g/mol. The minimum Gasteiger partial charge on any atom is -0.259 e. The van der Waals surface area contributed by atoms with Crippen molar-refractivity contribution in [1.82, 2.24) is 4.98 Å². The van der Waals surface area contributed by atoms with Crippen LogP contribution in [0.4, 0.5) is 5.69 Å². The summed E-state index contributed by atoms with van der Waals surface area (Å²) >= 11 is 0. The van der Waals surface area contributed by atoms with Gasteiger partial charge in [-0.05, 0) is 19.1 Å². The Morgan fingerprint density at radius 2 is 2.50 bits per heavy atom. The SMILES string of the molecule is Cc1ncccc1N=C=O. The van der Waals surface area contributed by atoms with E-state index >= 15 is 0 Å². The number of hydrogen-bond donors (Lipinski definition) is 0. The molecule has 0 amide bonds. The van der Waals surface area contributed by atoms with Crippen molar-refractivity contribution in [3.05, 3.63) is 24.0 Å². The maximum Gasteiger partial charge on any atom is 0.240 e. The fraction of sp³-hybridized carbons (Fsp3) is 0.143. The predicted octanol–water partition coefficient (Wildman–Crippen LogP) is 1.36. The Balaban J connectivity index is 3.14. The maximum atomic E-state index is 9.81. The van der Waals surface area contributed by atoms with Crippen molar-refractivity contribution in [2.45, 2.75) is 6.92 Å². The Labute approximate surface area is 58.4 Å². The minimum absolute atomic E-state index is 0.581. The molecule has 1 rings (SSSR count). The third-order valence-corrected chi connectivity index (χ3v) is 1.15. The molecule has 0 aliphatic carbocycles. The van der Waals surface area contributed by atoms with E-state index in [9.17, 15) is 4.79 Å². The smallest absolute Gasteiger partial charge is 0.240 e. The van der Waals surface area contributed by atoms with Crippen LogP contribution in [0.3, 0.4) is 0 Å². The van der Waals surface area contributed by atoms with Gasteiger partial charge in [0.05, 0.1) is 11.4 Å². The summed E-state index contributed by atoms with van der Waals surface area (Å²) < 4.78 is 0. The van der Waals surface area contributed by atoms with Crippen molar-refractivity contribution >= 4 is 11.8 Å². The molecule has 10 heavy (non-hydrogen) atoms. The zero-order chi connectivity index (χ0) is 7.40. The summed E-state index contributed by atoms with van der Waals surface area (Å²) in [6.45, 7) is 1.79. The summed E-state index contributed by atoms with van der Waals surface area (Å²) in [5.41, 5.74) is 1.32. The molecule has 0 aromatic carbocycles. The number of isocyanates is 1. The van der Waals surface area contributed by atoms with Crippen LogP contribution in [0.15, 0.2) is 23.3 Å². The van der Waals surface area contributed by atoms with Crippen LogP contribution >= 0.6 is 0 Å². The van der Waals surface area contributed by atoms with Gasteiger partial charge in [0.1, 0.15) is 0 Å². The van der Waals surface area contributed by atoms with Crippen molar-refractivity contribution in [2.24, 2.45) is 4.99 Å². The van der Waals surface area contributed by atoms with Crippen molar-refractivity contribution in [2.75, 3.05) is 0 Å². The normalized spacial score (nSPS) is 8.50. The van der Waals surface area contributed by atoms with Gasteiger partial charge in [-0.2, -0.15) is 4.99 Å². The Morgan fingerprint density at radius 1 is 1.70 bits per heavy atom. The lowest BCUT2D eigenvalue weighted by Gasteiger charge is -1.91. The van der Waals surface area contributed by atoms with Gasteiger partial charge in [0.2, 0.25) is 6.08 Å². The van der Waals surface area contributed by atoms with E-state index in [1.165, 1.54) is 6.08 Å². The molecule has 0 saturated carbocycles. The van der Waals surface area contributed by atoms with E-state index in [0.29, 0.717) is 5.69 Å². The summed E-state index contributed by atoms with van der Waals surface area (Å²) in [5, 5.41) is 0. The Kier molecular flexibility index (Phi) is 1.92. The highest BCUT2D eigenvalue weighted by Crippen LogP contribution is 2.12. The Hall–Kier alpha value is -1.47. The van der Waals surface area contributed by atoms with Gasteiger partial charge in [-0.3, -0.25) is 4.98 Å². The summed E-state index contributed by atoms with van der Waals surface area (Å²) in [4.78, 5) is 17.2. The van der Waals surface area contributed by atoms with E-state index in [2.05, 4.69) is 9.98 Å².